The molecule has 1 aliphatic heterocycles. The molecule has 4 unspecified atom stereocenters. The highest BCUT2D eigenvalue weighted by atomic mass is 32.2. The molecule has 0 radical (unpaired) electrons. The van der Waals surface area contributed by atoms with Gasteiger partial charge in [0, 0.05) is 18.8 Å². The van der Waals surface area contributed by atoms with Crippen molar-refractivity contribution in [2.24, 2.45) is 11.8 Å². The Morgan fingerprint density at radius 1 is 1.23 bits per heavy atom. The predicted molar refractivity (Wildman–Crippen MR) is 156 cm³/mol. The number of thioether (sulfide) groups is 1. The summed E-state index contributed by atoms with van der Waals surface area (Å²) in [5.41, 5.74) is 1.22. The Hall–Kier alpha value is -0.993. The van der Waals surface area contributed by atoms with E-state index < -0.39 is 8.32 Å². The van der Waals surface area contributed by atoms with E-state index in [4.69, 9.17) is 21.4 Å². The fraction of sp³-hybridized carbons (Fsp3) is 0.643. The second kappa shape index (κ2) is 13.0. The number of benzene rings is 1. The molecule has 1 fully saturated rings. The number of ether oxygens (including phenoxy) is 1. The molecule has 0 aromatic heterocycles. The summed E-state index contributed by atoms with van der Waals surface area (Å²) in [6.45, 7) is 17.5. The number of carbonyl (C=O) groups excluding carboxylic acids is 1. The zero-order chi connectivity index (χ0) is 26.4. The van der Waals surface area contributed by atoms with Crippen molar-refractivity contribution in [1.29, 1.82) is 0 Å². The van der Waals surface area contributed by atoms with Crippen molar-refractivity contribution in [2.75, 3.05) is 12.9 Å². The summed E-state index contributed by atoms with van der Waals surface area (Å²) in [4.78, 5) is 15.8. The molecule has 0 spiro atoms. The van der Waals surface area contributed by atoms with Crippen molar-refractivity contribution < 1.29 is 14.0 Å². The van der Waals surface area contributed by atoms with Crippen LogP contribution in [0.2, 0.25) is 18.1 Å². The van der Waals surface area contributed by atoms with Gasteiger partial charge in [0.2, 0.25) is 5.91 Å². The van der Waals surface area contributed by atoms with E-state index in [0.29, 0.717) is 4.32 Å². The van der Waals surface area contributed by atoms with Crippen LogP contribution in [0.1, 0.15) is 53.5 Å². The van der Waals surface area contributed by atoms with Gasteiger partial charge in [0.15, 0.2) is 8.32 Å². The molecule has 7 heteroatoms. The number of hydrogen-bond donors (Lipinski definition) is 0. The van der Waals surface area contributed by atoms with Crippen LogP contribution < -0.4 is 0 Å². The van der Waals surface area contributed by atoms with Crippen molar-refractivity contribution in [1.82, 2.24) is 4.90 Å². The zero-order valence-electron chi connectivity index (χ0n) is 23.0. The smallest absolute Gasteiger partial charge is 0.234 e. The molecular weight excluding hydrogens is 491 g/mol. The van der Waals surface area contributed by atoms with Crippen LogP contribution in [0.4, 0.5) is 0 Å². The Balaban J connectivity index is 2.31. The number of nitrogens with zero attached hydrogens (tertiary/aromatic N) is 1. The van der Waals surface area contributed by atoms with Crippen molar-refractivity contribution in [2.45, 2.75) is 90.8 Å². The Bertz CT molecular complexity index is 865. The van der Waals surface area contributed by atoms with Gasteiger partial charge in [-0.2, -0.15) is 0 Å². The molecule has 4 nitrogen and oxygen atoms in total. The molecular formula is C28H45NO3S2Si. The van der Waals surface area contributed by atoms with E-state index in [-0.39, 0.29) is 41.0 Å². The summed E-state index contributed by atoms with van der Waals surface area (Å²) in [5.74, 6) is 0.775. The Labute approximate surface area is 224 Å². The molecule has 2 rings (SSSR count). The molecule has 5 atom stereocenters. The molecule has 1 saturated heterocycles. The van der Waals surface area contributed by atoms with Crippen molar-refractivity contribution in [3.05, 3.63) is 48.0 Å². The van der Waals surface area contributed by atoms with E-state index in [1.165, 1.54) is 5.56 Å². The first-order chi connectivity index (χ1) is 16.3. The lowest BCUT2D eigenvalue weighted by Crippen LogP contribution is -2.50. The van der Waals surface area contributed by atoms with Gasteiger partial charge >= 0.3 is 0 Å². The number of hydrogen-bond acceptors (Lipinski definition) is 5. The van der Waals surface area contributed by atoms with Crippen LogP contribution in [0.5, 0.6) is 0 Å². The topological polar surface area (TPSA) is 38.8 Å². The minimum absolute atomic E-state index is 0.0423. The average Bonchev–Trinajstić information content (AvgIpc) is 3.16. The van der Waals surface area contributed by atoms with Crippen molar-refractivity contribution >= 4 is 42.5 Å². The Morgan fingerprint density at radius 3 is 2.40 bits per heavy atom. The summed E-state index contributed by atoms with van der Waals surface area (Å²) in [6, 6.07) is 10.4. The standard InChI is InChI=1S/C28H45NO3S2Si/c1-10-24(31-7)20(2)16-17-25(32-35(8,9)28(4,5)6)21(3)26(30)29-23(19-34-27(29)33)18-22-14-12-11-13-15-22/h11-17,20-21,23-25H,10,18-19H2,1-9H3/b17-16+/t20?,21?,23-,24?,25?/m0/s1. The lowest BCUT2D eigenvalue weighted by Gasteiger charge is -2.40. The highest BCUT2D eigenvalue weighted by Gasteiger charge is 2.43. The molecule has 1 aromatic rings. The lowest BCUT2D eigenvalue weighted by molar-refractivity contribution is -0.134. The first-order valence-corrected chi connectivity index (χ1v) is 17.0. The summed E-state index contributed by atoms with van der Waals surface area (Å²) < 4.78 is 13.2. The molecule has 1 amide bonds. The van der Waals surface area contributed by atoms with Crippen molar-refractivity contribution in [3.63, 3.8) is 0 Å². The predicted octanol–water partition coefficient (Wildman–Crippen LogP) is 7.10. The summed E-state index contributed by atoms with van der Waals surface area (Å²) >= 11 is 7.26. The van der Waals surface area contributed by atoms with Gasteiger partial charge in [-0.15, -0.1) is 0 Å². The minimum atomic E-state index is -2.12. The van der Waals surface area contributed by atoms with Gasteiger partial charge in [-0.25, -0.2) is 0 Å². The summed E-state index contributed by atoms with van der Waals surface area (Å²) in [6.07, 6.45) is 5.84. The zero-order valence-corrected chi connectivity index (χ0v) is 25.7. The van der Waals surface area contributed by atoms with E-state index in [1.807, 2.05) is 30.0 Å². The van der Waals surface area contributed by atoms with Crippen LogP contribution in [0.25, 0.3) is 0 Å². The van der Waals surface area contributed by atoms with Crippen LogP contribution in [0.3, 0.4) is 0 Å². The maximum atomic E-state index is 13.9. The second-order valence-corrected chi connectivity index (χ2v) is 17.6. The fourth-order valence-corrected chi connectivity index (χ4v) is 6.85. The van der Waals surface area contributed by atoms with E-state index in [1.54, 1.807) is 18.9 Å². The normalized spacial score (nSPS) is 20.8. The SMILES string of the molecule is CCC(OC)C(C)/C=C/C(O[Si](C)(C)C(C)(C)C)C(C)C(=O)N1C(=S)SC[C@@H]1Cc1ccccc1. The Morgan fingerprint density at radius 2 is 1.86 bits per heavy atom. The highest BCUT2D eigenvalue weighted by molar-refractivity contribution is 8.23. The van der Waals surface area contributed by atoms with Gasteiger partial charge in [0.25, 0.3) is 0 Å². The van der Waals surface area contributed by atoms with E-state index in [2.05, 4.69) is 72.0 Å². The maximum Gasteiger partial charge on any atom is 0.234 e. The highest BCUT2D eigenvalue weighted by Crippen LogP contribution is 2.39. The van der Waals surface area contributed by atoms with Gasteiger partial charge in [-0.3, -0.25) is 9.69 Å². The van der Waals surface area contributed by atoms with E-state index in [9.17, 15) is 4.79 Å². The number of methoxy groups -OCH3 is 1. The first-order valence-electron chi connectivity index (χ1n) is 12.7. The number of rotatable bonds is 11. The molecule has 0 saturated carbocycles. The number of carbonyl (C=O) groups is 1. The van der Waals surface area contributed by atoms with Gasteiger partial charge in [-0.1, -0.05) is 108 Å². The molecule has 1 aromatic carbocycles. The van der Waals surface area contributed by atoms with Gasteiger partial charge in [-0.05, 0) is 36.5 Å². The molecule has 0 aliphatic carbocycles. The largest absolute Gasteiger partial charge is 0.410 e. The van der Waals surface area contributed by atoms with Gasteiger partial charge in [0.1, 0.15) is 4.32 Å². The van der Waals surface area contributed by atoms with Gasteiger partial charge in [0.05, 0.1) is 24.2 Å². The lowest BCUT2D eigenvalue weighted by atomic mass is 9.97. The van der Waals surface area contributed by atoms with Crippen LogP contribution in [-0.4, -0.2) is 54.6 Å². The third-order valence-electron chi connectivity index (χ3n) is 7.53. The van der Waals surface area contributed by atoms with Crippen LogP contribution in [0.15, 0.2) is 42.5 Å². The van der Waals surface area contributed by atoms with E-state index in [0.717, 1.165) is 18.6 Å². The monoisotopic (exact) mass is 535 g/mol. The second-order valence-electron chi connectivity index (χ2n) is 11.2. The molecule has 1 aliphatic rings. The molecule has 0 N–H and O–H groups in total. The maximum absolute atomic E-state index is 13.9. The van der Waals surface area contributed by atoms with Crippen LogP contribution in [0, 0.1) is 11.8 Å². The third-order valence-corrected chi connectivity index (χ3v) is 13.5. The summed E-state index contributed by atoms with van der Waals surface area (Å²) in [7, 11) is -0.361. The molecule has 35 heavy (non-hydrogen) atoms. The molecule has 1 heterocycles. The fourth-order valence-electron chi connectivity index (χ4n) is 4.11. The average molecular weight is 536 g/mol. The van der Waals surface area contributed by atoms with E-state index >= 15 is 0 Å². The van der Waals surface area contributed by atoms with Crippen LogP contribution >= 0.6 is 24.0 Å². The molecule has 196 valence electrons. The van der Waals surface area contributed by atoms with Crippen molar-refractivity contribution in [3.8, 4) is 0 Å². The van der Waals surface area contributed by atoms with Gasteiger partial charge < -0.3 is 9.16 Å². The summed E-state index contributed by atoms with van der Waals surface area (Å²) in [5, 5.41) is 0.0423. The number of amides is 1. The van der Waals surface area contributed by atoms with Crippen LogP contribution in [-0.2, 0) is 20.4 Å². The molecule has 0 bridgehead atoms. The first kappa shape index (κ1) is 30.2. The third kappa shape index (κ3) is 7.99. The Kier molecular flexibility index (Phi) is 11.2. The minimum Gasteiger partial charge on any atom is -0.410 e. The quantitative estimate of drug-likeness (QED) is 0.172. The number of thiocarbonyl (C=S) groups is 1.